The van der Waals surface area contributed by atoms with E-state index in [4.69, 9.17) is 14.5 Å². The van der Waals surface area contributed by atoms with Gasteiger partial charge in [-0.2, -0.15) is 0 Å². The fourth-order valence-corrected chi connectivity index (χ4v) is 5.27. The molecule has 3 heterocycles. The number of benzene rings is 1. The standard InChI is InChI=1S/C20H21N3O3S/c1-10-3-5-13-16(7-10)27-20-17(13)19(24)22-18(23-20)11(2)21-12-4-6-14-15(8-12)26-9-25-14/h4,6,8,10-11,21H,3,5,7,9H2,1-2H3,(H,22,23,24)/t10-,11+/m1/s1. The van der Waals surface area contributed by atoms with Gasteiger partial charge in [0.15, 0.2) is 11.5 Å². The Hall–Kier alpha value is -2.54. The number of aromatic amines is 1. The summed E-state index contributed by atoms with van der Waals surface area (Å²) >= 11 is 1.68. The number of ether oxygens (including phenoxy) is 2. The summed E-state index contributed by atoms with van der Waals surface area (Å²) in [6.45, 7) is 4.51. The summed E-state index contributed by atoms with van der Waals surface area (Å²) in [4.78, 5) is 22.7. The second-order valence-electron chi connectivity index (χ2n) is 7.42. The maximum absolute atomic E-state index is 12.8. The second kappa shape index (κ2) is 6.27. The van der Waals surface area contributed by atoms with Gasteiger partial charge in [0.2, 0.25) is 6.79 Å². The van der Waals surface area contributed by atoms with E-state index in [-0.39, 0.29) is 18.4 Å². The molecule has 2 aliphatic rings. The fourth-order valence-electron chi connectivity index (χ4n) is 3.88. The molecule has 140 valence electrons. The average Bonchev–Trinajstić information content (AvgIpc) is 3.24. The molecular weight excluding hydrogens is 362 g/mol. The quantitative estimate of drug-likeness (QED) is 0.715. The van der Waals surface area contributed by atoms with Gasteiger partial charge in [-0.3, -0.25) is 4.79 Å². The molecule has 2 N–H and O–H groups in total. The van der Waals surface area contributed by atoms with Gasteiger partial charge in [-0.25, -0.2) is 4.98 Å². The Labute approximate surface area is 160 Å². The van der Waals surface area contributed by atoms with Crippen molar-refractivity contribution >= 4 is 27.2 Å². The van der Waals surface area contributed by atoms with Crippen LogP contribution in [0.3, 0.4) is 0 Å². The maximum atomic E-state index is 12.8. The van der Waals surface area contributed by atoms with Crippen LogP contribution in [0.5, 0.6) is 11.5 Å². The molecule has 0 fully saturated rings. The van der Waals surface area contributed by atoms with E-state index in [0.29, 0.717) is 11.7 Å². The summed E-state index contributed by atoms with van der Waals surface area (Å²) in [7, 11) is 0. The molecule has 3 aromatic rings. The summed E-state index contributed by atoms with van der Waals surface area (Å²) in [6.07, 6.45) is 3.17. The van der Waals surface area contributed by atoms with Crippen LogP contribution in [0, 0.1) is 5.92 Å². The lowest BCUT2D eigenvalue weighted by molar-refractivity contribution is 0.174. The van der Waals surface area contributed by atoms with E-state index in [1.54, 1.807) is 11.3 Å². The van der Waals surface area contributed by atoms with Crippen LogP contribution in [-0.4, -0.2) is 16.8 Å². The minimum atomic E-state index is -0.138. The highest BCUT2D eigenvalue weighted by Gasteiger charge is 2.24. The number of rotatable bonds is 3. The molecule has 6 nitrogen and oxygen atoms in total. The molecule has 5 rings (SSSR count). The zero-order valence-electron chi connectivity index (χ0n) is 15.3. The Morgan fingerprint density at radius 1 is 1.33 bits per heavy atom. The Balaban J connectivity index is 1.47. The van der Waals surface area contributed by atoms with Crippen molar-refractivity contribution in [2.75, 3.05) is 12.1 Å². The molecule has 1 aromatic carbocycles. The van der Waals surface area contributed by atoms with Gasteiger partial charge in [-0.15, -0.1) is 11.3 Å². The van der Waals surface area contributed by atoms with Gasteiger partial charge < -0.3 is 19.8 Å². The number of anilines is 1. The van der Waals surface area contributed by atoms with E-state index in [2.05, 4.69) is 17.2 Å². The number of aryl methyl sites for hydroxylation is 1. The van der Waals surface area contributed by atoms with Gasteiger partial charge in [0.1, 0.15) is 10.7 Å². The molecule has 0 spiro atoms. The first kappa shape index (κ1) is 16.6. The van der Waals surface area contributed by atoms with Gasteiger partial charge in [-0.05, 0) is 49.8 Å². The molecule has 2 atom stereocenters. The third-order valence-corrected chi connectivity index (χ3v) is 6.50. The Morgan fingerprint density at radius 3 is 3.07 bits per heavy atom. The fraction of sp³-hybridized carbons (Fsp3) is 0.400. The highest BCUT2D eigenvalue weighted by Crippen LogP contribution is 2.37. The van der Waals surface area contributed by atoms with Crippen molar-refractivity contribution in [3.8, 4) is 11.5 Å². The molecule has 0 amide bonds. The number of nitrogens with one attached hydrogen (secondary N) is 2. The van der Waals surface area contributed by atoms with Crippen LogP contribution in [0.2, 0.25) is 0 Å². The third-order valence-electron chi connectivity index (χ3n) is 5.35. The number of thiophene rings is 1. The normalized spacial score (nSPS) is 19.1. The number of fused-ring (bicyclic) bond motifs is 4. The minimum absolute atomic E-state index is 0.0265. The lowest BCUT2D eigenvalue weighted by Crippen LogP contribution is -2.18. The van der Waals surface area contributed by atoms with E-state index >= 15 is 0 Å². The van der Waals surface area contributed by atoms with Crippen molar-refractivity contribution in [3.63, 3.8) is 0 Å². The van der Waals surface area contributed by atoms with Crippen LogP contribution in [0.25, 0.3) is 10.2 Å². The van der Waals surface area contributed by atoms with Crippen molar-refractivity contribution in [1.82, 2.24) is 9.97 Å². The lowest BCUT2D eigenvalue weighted by atomic mass is 9.89. The minimum Gasteiger partial charge on any atom is -0.454 e. The topological polar surface area (TPSA) is 76.2 Å². The van der Waals surface area contributed by atoms with Crippen LogP contribution >= 0.6 is 11.3 Å². The molecule has 0 saturated heterocycles. The van der Waals surface area contributed by atoms with E-state index in [0.717, 1.165) is 46.7 Å². The highest BCUT2D eigenvalue weighted by molar-refractivity contribution is 7.18. The number of hydrogen-bond donors (Lipinski definition) is 2. The third kappa shape index (κ3) is 2.86. The van der Waals surface area contributed by atoms with E-state index < -0.39 is 0 Å². The molecule has 1 aliphatic carbocycles. The summed E-state index contributed by atoms with van der Waals surface area (Å²) in [5, 5.41) is 4.18. The number of aromatic nitrogens is 2. The van der Waals surface area contributed by atoms with Crippen molar-refractivity contribution in [2.24, 2.45) is 5.92 Å². The number of H-pyrrole nitrogens is 1. The van der Waals surface area contributed by atoms with Crippen LogP contribution < -0.4 is 20.3 Å². The Morgan fingerprint density at radius 2 is 2.19 bits per heavy atom. The van der Waals surface area contributed by atoms with Crippen LogP contribution in [0.4, 0.5) is 5.69 Å². The molecule has 27 heavy (non-hydrogen) atoms. The Bertz CT molecular complexity index is 1090. The molecule has 0 radical (unpaired) electrons. The van der Waals surface area contributed by atoms with Gasteiger partial charge >= 0.3 is 0 Å². The van der Waals surface area contributed by atoms with Crippen molar-refractivity contribution in [2.45, 2.75) is 39.2 Å². The Kier molecular flexibility index (Phi) is 3.86. The zero-order chi connectivity index (χ0) is 18.5. The van der Waals surface area contributed by atoms with Gasteiger partial charge in [0.25, 0.3) is 5.56 Å². The molecule has 7 heteroatoms. The molecule has 0 saturated carbocycles. The van der Waals surface area contributed by atoms with Crippen molar-refractivity contribution < 1.29 is 9.47 Å². The predicted molar refractivity (Wildman–Crippen MR) is 106 cm³/mol. The van der Waals surface area contributed by atoms with E-state index in [1.165, 1.54) is 10.4 Å². The molecule has 0 unspecified atom stereocenters. The van der Waals surface area contributed by atoms with Gasteiger partial charge in [-0.1, -0.05) is 6.92 Å². The SMILES string of the molecule is C[C@@H]1CCc2c(sc3nc([C@H](C)Nc4ccc5c(c4)OCO5)[nH]c(=O)c23)C1. The van der Waals surface area contributed by atoms with Crippen LogP contribution in [0.15, 0.2) is 23.0 Å². The second-order valence-corrected chi connectivity index (χ2v) is 8.50. The first-order chi connectivity index (χ1) is 13.1. The van der Waals surface area contributed by atoms with Crippen LogP contribution in [0.1, 0.15) is 42.6 Å². The van der Waals surface area contributed by atoms with Crippen molar-refractivity contribution in [1.29, 1.82) is 0 Å². The average molecular weight is 383 g/mol. The molecule has 2 aromatic heterocycles. The van der Waals surface area contributed by atoms with E-state index in [9.17, 15) is 4.79 Å². The first-order valence-corrected chi connectivity index (χ1v) is 10.1. The van der Waals surface area contributed by atoms with Gasteiger partial charge in [0, 0.05) is 16.6 Å². The largest absolute Gasteiger partial charge is 0.454 e. The van der Waals surface area contributed by atoms with Gasteiger partial charge in [0.05, 0.1) is 11.4 Å². The summed E-state index contributed by atoms with van der Waals surface area (Å²) in [6, 6.07) is 5.58. The summed E-state index contributed by atoms with van der Waals surface area (Å²) in [5.74, 6) is 2.80. The summed E-state index contributed by atoms with van der Waals surface area (Å²) in [5.41, 5.74) is 2.08. The smallest absolute Gasteiger partial charge is 0.259 e. The predicted octanol–water partition coefficient (Wildman–Crippen LogP) is 4.01. The van der Waals surface area contributed by atoms with Crippen molar-refractivity contribution in [3.05, 3.63) is 44.8 Å². The number of nitrogens with zero attached hydrogens (tertiary/aromatic N) is 1. The summed E-state index contributed by atoms with van der Waals surface area (Å²) < 4.78 is 10.8. The molecular formula is C20H21N3O3S. The zero-order valence-corrected chi connectivity index (χ0v) is 16.1. The molecule has 1 aliphatic heterocycles. The molecule has 0 bridgehead atoms. The monoisotopic (exact) mass is 383 g/mol. The lowest BCUT2D eigenvalue weighted by Gasteiger charge is -2.17. The first-order valence-electron chi connectivity index (χ1n) is 9.29. The van der Waals surface area contributed by atoms with E-state index in [1.807, 2.05) is 25.1 Å². The maximum Gasteiger partial charge on any atom is 0.259 e. The number of hydrogen-bond acceptors (Lipinski definition) is 6. The highest BCUT2D eigenvalue weighted by atomic mass is 32.1. The van der Waals surface area contributed by atoms with Crippen LogP contribution in [-0.2, 0) is 12.8 Å².